The number of piperidine rings is 1. The lowest BCUT2D eigenvalue weighted by Crippen LogP contribution is -2.42. The van der Waals surface area contributed by atoms with Crippen molar-refractivity contribution < 1.29 is 9.21 Å². The minimum absolute atomic E-state index is 0.0116. The third-order valence-corrected chi connectivity index (χ3v) is 6.38. The Kier molecular flexibility index (Phi) is 5.34. The topological polar surface area (TPSA) is 80.3 Å². The maximum atomic E-state index is 13.2. The highest BCUT2D eigenvalue weighted by atomic mass is 16.4. The van der Waals surface area contributed by atoms with Gasteiger partial charge in [0, 0.05) is 26.1 Å². The molecule has 0 N–H and O–H groups in total. The van der Waals surface area contributed by atoms with Gasteiger partial charge in [-0.05, 0) is 49.6 Å². The number of hydrogen-bond donors (Lipinski definition) is 0. The van der Waals surface area contributed by atoms with Crippen molar-refractivity contribution in [2.75, 3.05) is 25.0 Å². The van der Waals surface area contributed by atoms with Crippen LogP contribution in [0.2, 0.25) is 0 Å². The van der Waals surface area contributed by atoms with Crippen LogP contribution < -0.4 is 4.90 Å². The lowest BCUT2D eigenvalue weighted by atomic mass is 9.94. The summed E-state index contributed by atoms with van der Waals surface area (Å²) in [6.45, 7) is 3.59. The summed E-state index contributed by atoms with van der Waals surface area (Å²) in [5.74, 6) is 0.201. The summed E-state index contributed by atoms with van der Waals surface area (Å²) in [7, 11) is 1.89. The molecule has 2 aromatic carbocycles. The van der Waals surface area contributed by atoms with Crippen LogP contribution in [0, 0.1) is 5.92 Å². The van der Waals surface area contributed by atoms with Crippen LogP contribution >= 0.6 is 0 Å². The average molecular weight is 431 g/mol. The van der Waals surface area contributed by atoms with E-state index in [1.807, 2.05) is 60.5 Å². The summed E-state index contributed by atoms with van der Waals surface area (Å²) in [6, 6.07) is 16.5. The molecule has 4 aromatic rings. The van der Waals surface area contributed by atoms with E-state index in [1.54, 1.807) is 11.0 Å². The summed E-state index contributed by atoms with van der Waals surface area (Å²) in [5, 5.41) is 4.15. The van der Waals surface area contributed by atoms with Crippen molar-refractivity contribution in [1.82, 2.24) is 24.6 Å². The van der Waals surface area contributed by atoms with E-state index in [2.05, 4.69) is 26.9 Å². The van der Waals surface area contributed by atoms with Crippen LogP contribution in [0.5, 0.6) is 0 Å². The Morgan fingerprint density at radius 3 is 2.56 bits per heavy atom. The molecule has 5 rings (SSSR count). The van der Waals surface area contributed by atoms with Crippen molar-refractivity contribution >= 4 is 23.0 Å². The predicted molar refractivity (Wildman–Crippen MR) is 121 cm³/mol. The molecule has 1 fully saturated rings. The molecule has 1 saturated heterocycles. The number of fused-ring (bicyclic) bond motifs is 1. The number of amides is 1. The van der Waals surface area contributed by atoms with Gasteiger partial charge in [0.1, 0.15) is 18.2 Å². The fraction of sp³-hybridized carbons (Fsp3) is 0.333. The highest BCUT2D eigenvalue weighted by Gasteiger charge is 2.30. The van der Waals surface area contributed by atoms with Gasteiger partial charge in [0.2, 0.25) is 5.91 Å². The Morgan fingerprint density at radius 2 is 1.88 bits per heavy atom. The first-order valence-electron chi connectivity index (χ1n) is 10.9. The lowest BCUT2D eigenvalue weighted by Gasteiger charge is -2.34. The number of aromatic nitrogens is 4. The largest absolute Gasteiger partial charge is 0.423 e. The van der Waals surface area contributed by atoms with Crippen molar-refractivity contribution in [2.24, 2.45) is 5.92 Å². The molecular weight excluding hydrogens is 404 g/mol. The van der Waals surface area contributed by atoms with Crippen molar-refractivity contribution in [1.29, 1.82) is 0 Å². The molecular formula is C24H26N6O2. The first-order valence-corrected chi connectivity index (χ1v) is 10.9. The van der Waals surface area contributed by atoms with Gasteiger partial charge in [0.15, 0.2) is 5.58 Å². The van der Waals surface area contributed by atoms with E-state index in [0.717, 1.165) is 48.3 Å². The first kappa shape index (κ1) is 20.2. The molecule has 164 valence electrons. The van der Waals surface area contributed by atoms with Gasteiger partial charge < -0.3 is 14.2 Å². The van der Waals surface area contributed by atoms with E-state index in [0.29, 0.717) is 6.01 Å². The van der Waals surface area contributed by atoms with E-state index in [1.165, 1.54) is 6.33 Å². The van der Waals surface area contributed by atoms with E-state index < -0.39 is 0 Å². The van der Waals surface area contributed by atoms with Crippen molar-refractivity contribution in [3.63, 3.8) is 0 Å². The molecule has 0 saturated carbocycles. The van der Waals surface area contributed by atoms with Gasteiger partial charge >= 0.3 is 0 Å². The lowest BCUT2D eigenvalue weighted by molar-refractivity contribution is -0.136. The number of rotatable bonds is 5. The van der Waals surface area contributed by atoms with E-state index in [9.17, 15) is 4.79 Å². The number of nitrogens with zero attached hydrogens (tertiary/aromatic N) is 6. The summed E-state index contributed by atoms with van der Waals surface area (Å²) >= 11 is 0. The molecule has 1 aliphatic rings. The van der Waals surface area contributed by atoms with E-state index >= 15 is 0 Å². The number of carbonyl (C=O) groups is 1. The van der Waals surface area contributed by atoms with Crippen LogP contribution in [0.4, 0.5) is 6.01 Å². The molecule has 32 heavy (non-hydrogen) atoms. The monoisotopic (exact) mass is 430 g/mol. The van der Waals surface area contributed by atoms with Crippen LogP contribution in [0.25, 0.3) is 16.8 Å². The zero-order valence-corrected chi connectivity index (χ0v) is 18.3. The third kappa shape index (κ3) is 3.84. The normalized spacial score (nSPS) is 15.8. The van der Waals surface area contributed by atoms with Crippen molar-refractivity contribution in [3.05, 3.63) is 66.7 Å². The van der Waals surface area contributed by atoms with Crippen LogP contribution in [-0.2, 0) is 4.79 Å². The predicted octanol–water partition coefficient (Wildman–Crippen LogP) is 3.84. The highest BCUT2D eigenvalue weighted by Crippen LogP contribution is 2.29. The molecule has 2 aromatic heterocycles. The molecule has 1 atom stereocenters. The smallest absolute Gasteiger partial charge is 0.298 e. The second-order valence-corrected chi connectivity index (χ2v) is 8.28. The van der Waals surface area contributed by atoms with Gasteiger partial charge in [-0.3, -0.25) is 4.79 Å². The number of carbonyl (C=O) groups excluding carboxylic acids is 1. The number of benzene rings is 2. The number of hydrogen-bond acceptors (Lipinski definition) is 6. The molecule has 1 unspecified atom stereocenters. The quantitative estimate of drug-likeness (QED) is 0.479. The van der Waals surface area contributed by atoms with Crippen molar-refractivity contribution in [3.8, 4) is 5.69 Å². The minimum atomic E-state index is -0.0117. The average Bonchev–Trinajstić information content (AvgIpc) is 3.53. The summed E-state index contributed by atoms with van der Waals surface area (Å²) in [6.07, 6.45) is 4.76. The summed E-state index contributed by atoms with van der Waals surface area (Å²) < 4.78 is 7.61. The van der Waals surface area contributed by atoms with Gasteiger partial charge in [0.25, 0.3) is 6.01 Å². The zero-order valence-electron chi connectivity index (χ0n) is 18.3. The highest BCUT2D eigenvalue weighted by molar-refractivity contribution is 5.79. The Labute approximate surface area is 186 Å². The molecule has 0 bridgehead atoms. The maximum absolute atomic E-state index is 13.2. The zero-order chi connectivity index (χ0) is 22.1. The molecule has 0 radical (unpaired) electrons. The first-order chi connectivity index (χ1) is 15.6. The summed E-state index contributed by atoms with van der Waals surface area (Å²) in [5.41, 5.74) is 3.70. The van der Waals surface area contributed by atoms with E-state index in [4.69, 9.17) is 4.42 Å². The third-order valence-electron chi connectivity index (χ3n) is 6.38. The molecule has 0 aliphatic carbocycles. The van der Waals surface area contributed by atoms with Crippen LogP contribution in [0.3, 0.4) is 0 Å². The molecule has 1 amide bonds. The molecule has 8 nitrogen and oxygen atoms in total. The number of oxazole rings is 1. The maximum Gasteiger partial charge on any atom is 0.298 e. The number of anilines is 1. The van der Waals surface area contributed by atoms with E-state index in [-0.39, 0.29) is 17.9 Å². The van der Waals surface area contributed by atoms with Gasteiger partial charge in [-0.2, -0.15) is 10.1 Å². The Balaban J connectivity index is 1.20. The summed E-state index contributed by atoms with van der Waals surface area (Å²) in [4.78, 5) is 25.8. The second kappa shape index (κ2) is 8.45. The Bertz CT molecular complexity index is 1160. The Hall–Kier alpha value is -3.68. The van der Waals surface area contributed by atoms with Gasteiger partial charge in [0.05, 0.1) is 11.7 Å². The fourth-order valence-corrected chi connectivity index (χ4v) is 4.26. The Morgan fingerprint density at radius 1 is 1.12 bits per heavy atom. The molecule has 0 spiro atoms. The SMILES string of the molecule is CC(c1ccc(-n2cncn2)cc1)N(C)C(=O)C1CCN(c2nc3ccccc3o2)CC1. The van der Waals surface area contributed by atoms with Crippen LogP contribution in [-0.4, -0.2) is 50.7 Å². The molecule has 1 aliphatic heterocycles. The fourth-order valence-electron chi connectivity index (χ4n) is 4.26. The molecule has 3 heterocycles. The van der Waals surface area contributed by atoms with Gasteiger partial charge in [-0.1, -0.05) is 24.3 Å². The van der Waals surface area contributed by atoms with Gasteiger partial charge in [-0.15, -0.1) is 0 Å². The number of para-hydroxylation sites is 2. The van der Waals surface area contributed by atoms with Crippen molar-refractivity contribution in [2.45, 2.75) is 25.8 Å². The van der Waals surface area contributed by atoms with Gasteiger partial charge in [-0.25, -0.2) is 9.67 Å². The minimum Gasteiger partial charge on any atom is -0.423 e. The van der Waals surface area contributed by atoms with Crippen LogP contribution in [0.15, 0.2) is 65.6 Å². The molecule has 8 heteroatoms. The van der Waals surface area contributed by atoms with Crippen LogP contribution in [0.1, 0.15) is 31.4 Å². The second-order valence-electron chi connectivity index (χ2n) is 8.28. The standard InChI is InChI=1S/C24H26N6O2/c1-17(18-7-9-20(10-8-18)30-16-25-15-26-30)28(2)23(31)19-11-13-29(14-12-19)24-27-21-5-3-4-6-22(21)32-24/h3-10,15-17,19H,11-14H2,1-2H3.